The summed E-state index contributed by atoms with van der Waals surface area (Å²) in [5, 5.41) is 11.4. The number of anilines is 1. The number of carbonyl (C=O) groups is 2. The van der Waals surface area contributed by atoms with Crippen LogP contribution in [-0.2, 0) is 9.53 Å². The Hall–Kier alpha value is -2.61. The second-order valence-corrected chi connectivity index (χ2v) is 7.50. The first-order valence-electron chi connectivity index (χ1n) is 11.3. The fourth-order valence-electron chi connectivity index (χ4n) is 3.88. The number of rotatable bonds is 4. The summed E-state index contributed by atoms with van der Waals surface area (Å²) in [6.45, 7) is 8.02. The molecule has 4 rings (SSSR count). The number of aldehydes is 1. The number of piperazine rings is 1. The number of fused-ring (bicyclic) bond motifs is 1. The Labute approximate surface area is 184 Å². The van der Waals surface area contributed by atoms with Crippen molar-refractivity contribution in [1.29, 1.82) is 0 Å². The van der Waals surface area contributed by atoms with Crippen LogP contribution < -0.4 is 15.5 Å². The van der Waals surface area contributed by atoms with E-state index < -0.39 is 0 Å². The quantitative estimate of drug-likeness (QED) is 0.710. The predicted molar refractivity (Wildman–Crippen MR) is 122 cm³/mol. The lowest BCUT2D eigenvalue weighted by atomic mass is 9.84. The van der Waals surface area contributed by atoms with Crippen molar-refractivity contribution in [2.24, 2.45) is 5.92 Å². The van der Waals surface area contributed by atoms with Gasteiger partial charge in [-0.25, -0.2) is 4.79 Å². The van der Waals surface area contributed by atoms with Gasteiger partial charge in [-0.15, -0.1) is 0 Å². The number of para-hydroxylation sites is 1. The van der Waals surface area contributed by atoms with Gasteiger partial charge in [-0.1, -0.05) is 31.1 Å². The number of benzene rings is 1. The lowest BCUT2D eigenvalue weighted by Gasteiger charge is -2.27. The highest BCUT2D eigenvalue weighted by Crippen LogP contribution is 2.26. The number of nitrogens with one attached hydrogen (secondary N) is 2. The number of carbonyl (C=O) groups excluding carboxylic acids is 2. The Morgan fingerprint density at radius 1 is 1.23 bits per heavy atom. The minimum absolute atomic E-state index is 0.227. The van der Waals surface area contributed by atoms with Crippen molar-refractivity contribution in [2.75, 3.05) is 38.2 Å². The minimum Gasteiger partial charge on any atom is -0.453 e. The molecule has 2 aliphatic rings. The summed E-state index contributed by atoms with van der Waals surface area (Å²) in [4.78, 5) is 23.5. The molecule has 0 radical (unpaired) electrons. The van der Waals surface area contributed by atoms with Gasteiger partial charge in [-0.2, -0.15) is 0 Å². The van der Waals surface area contributed by atoms with Crippen LogP contribution in [0.5, 0.6) is 0 Å². The molecule has 0 bridgehead atoms. The standard InChI is InChI=1S/C11H13N3O.C10H17NO3.C2H6/c1-2-4-10-9(3-1)11(13-15-10)14-7-5-12-6-8-14;1-14-10(13)11-9-4-2-8(3-5-9)6-7-12;1-2/h1-4,12H,5-8H2;7-9H,2-6H2,1H3,(H,11,13);1-2H3. The van der Waals surface area contributed by atoms with E-state index in [1.165, 1.54) is 7.11 Å². The third-order valence-electron chi connectivity index (χ3n) is 5.56. The number of alkyl carbamates (subject to hydrolysis) is 1. The van der Waals surface area contributed by atoms with E-state index in [-0.39, 0.29) is 12.1 Å². The monoisotopic (exact) mass is 432 g/mol. The number of nitrogens with zero attached hydrogens (tertiary/aromatic N) is 2. The van der Waals surface area contributed by atoms with Gasteiger partial charge in [-0.3, -0.25) is 0 Å². The van der Waals surface area contributed by atoms with Crippen molar-refractivity contribution in [2.45, 2.75) is 52.0 Å². The average Bonchev–Trinajstić information content (AvgIpc) is 3.27. The molecular weight excluding hydrogens is 396 g/mol. The highest BCUT2D eigenvalue weighted by molar-refractivity contribution is 5.88. The van der Waals surface area contributed by atoms with E-state index in [9.17, 15) is 9.59 Å². The Morgan fingerprint density at radius 3 is 2.55 bits per heavy atom. The zero-order valence-corrected chi connectivity index (χ0v) is 18.9. The first kappa shape index (κ1) is 24.7. The second-order valence-electron chi connectivity index (χ2n) is 7.50. The van der Waals surface area contributed by atoms with E-state index in [0.717, 1.165) is 74.9 Å². The molecule has 1 saturated heterocycles. The largest absolute Gasteiger partial charge is 0.453 e. The molecule has 8 heteroatoms. The maximum absolute atomic E-state index is 10.9. The predicted octanol–water partition coefficient (Wildman–Crippen LogP) is 3.75. The molecule has 1 aromatic carbocycles. The van der Waals surface area contributed by atoms with Crippen LogP contribution in [0.15, 0.2) is 28.8 Å². The van der Waals surface area contributed by atoms with Crippen LogP contribution in [-0.4, -0.2) is 56.9 Å². The first-order chi connectivity index (χ1) is 15.2. The molecule has 8 nitrogen and oxygen atoms in total. The van der Waals surface area contributed by atoms with E-state index in [1.54, 1.807) is 0 Å². The van der Waals surface area contributed by atoms with Gasteiger partial charge in [0.05, 0.1) is 12.5 Å². The van der Waals surface area contributed by atoms with Crippen molar-refractivity contribution in [3.63, 3.8) is 0 Å². The summed E-state index contributed by atoms with van der Waals surface area (Å²) in [6, 6.07) is 8.22. The molecular formula is C23H36N4O4. The Morgan fingerprint density at radius 2 is 1.90 bits per heavy atom. The fraction of sp³-hybridized carbons (Fsp3) is 0.609. The molecule has 31 heavy (non-hydrogen) atoms. The zero-order valence-electron chi connectivity index (χ0n) is 18.9. The Balaban J connectivity index is 0.000000205. The lowest BCUT2D eigenvalue weighted by Crippen LogP contribution is -2.43. The minimum atomic E-state index is -0.358. The Kier molecular flexibility index (Phi) is 10.9. The van der Waals surface area contributed by atoms with E-state index in [2.05, 4.69) is 31.5 Å². The van der Waals surface area contributed by atoms with E-state index in [1.807, 2.05) is 32.0 Å². The van der Waals surface area contributed by atoms with Crippen LogP contribution in [0.25, 0.3) is 11.0 Å². The highest BCUT2D eigenvalue weighted by atomic mass is 16.5. The van der Waals surface area contributed by atoms with Crippen LogP contribution in [0.4, 0.5) is 10.6 Å². The summed E-state index contributed by atoms with van der Waals surface area (Å²) < 4.78 is 9.81. The van der Waals surface area contributed by atoms with Crippen LogP contribution in [0.2, 0.25) is 0 Å². The van der Waals surface area contributed by atoms with Crippen LogP contribution in [0.1, 0.15) is 46.0 Å². The molecule has 2 N–H and O–H groups in total. The number of aromatic nitrogens is 1. The fourth-order valence-corrected chi connectivity index (χ4v) is 3.88. The number of ether oxygens (including phenoxy) is 1. The van der Waals surface area contributed by atoms with Gasteiger partial charge >= 0.3 is 6.09 Å². The molecule has 1 amide bonds. The Bertz CT molecular complexity index is 781. The van der Waals surface area contributed by atoms with Gasteiger partial charge in [0, 0.05) is 38.6 Å². The molecule has 1 aliphatic heterocycles. The molecule has 172 valence electrons. The normalized spacial score (nSPS) is 20.5. The van der Waals surface area contributed by atoms with Crippen LogP contribution in [0, 0.1) is 5.92 Å². The summed E-state index contributed by atoms with van der Waals surface area (Å²) >= 11 is 0. The van der Waals surface area contributed by atoms with E-state index in [0.29, 0.717) is 12.3 Å². The highest BCUT2D eigenvalue weighted by Gasteiger charge is 2.22. The molecule has 0 atom stereocenters. The van der Waals surface area contributed by atoms with E-state index in [4.69, 9.17) is 4.52 Å². The molecule has 2 heterocycles. The first-order valence-corrected chi connectivity index (χ1v) is 11.3. The van der Waals surface area contributed by atoms with Crippen molar-refractivity contribution in [3.8, 4) is 0 Å². The number of methoxy groups -OCH3 is 1. The SMILES string of the molecule is CC.COC(=O)NC1CCC(CC=O)CC1.c1ccc2c(N3CCNCC3)noc2c1. The maximum atomic E-state index is 10.9. The molecule has 1 aromatic heterocycles. The van der Waals surface area contributed by atoms with Crippen molar-refractivity contribution < 1.29 is 18.8 Å². The molecule has 2 aromatic rings. The van der Waals surface area contributed by atoms with Gasteiger partial charge in [0.25, 0.3) is 0 Å². The molecule has 0 spiro atoms. The van der Waals surface area contributed by atoms with Crippen molar-refractivity contribution >= 4 is 29.2 Å². The second kappa shape index (κ2) is 13.6. The third kappa shape index (κ3) is 7.54. The van der Waals surface area contributed by atoms with Crippen LogP contribution >= 0.6 is 0 Å². The molecule has 2 fully saturated rings. The summed E-state index contributed by atoms with van der Waals surface area (Å²) in [6.07, 6.45) is 5.23. The topological polar surface area (TPSA) is 96.7 Å². The van der Waals surface area contributed by atoms with Gasteiger partial charge in [0.2, 0.25) is 0 Å². The molecule has 1 aliphatic carbocycles. The van der Waals surface area contributed by atoms with Gasteiger partial charge < -0.3 is 29.6 Å². The maximum Gasteiger partial charge on any atom is 0.407 e. The van der Waals surface area contributed by atoms with Gasteiger partial charge in [-0.05, 0) is 43.7 Å². The number of hydrogen-bond donors (Lipinski definition) is 2. The number of amides is 1. The molecule has 1 saturated carbocycles. The van der Waals surface area contributed by atoms with Gasteiger partial charge in [0.1, 0.15) is 6.29 Å². The summed E-state index contributed by atoms with van der Waals surface area (Å²) in [7, 11) is 1.37. The third-order valence-corrected chi connectivity index (χ3v) is 5.56. The summed E-state index contributed by atoms with van der Waals surface area (Å²) in [5.41, 5.74) is 0.867. The van der Waals surface area contributed by atoms with Crippen molar-refractivity contribution in [1.82, 2.24) is 15.8 Å². The zero-order chi connectivity index (χ0) is 22.5. The van der Waals surface area contributed by atoms with Gasteiger partial charge in [0.15, 0.2) is 11.4 Å². The van der Waals surface area contributed by atoms with Crippen molar-refractivity contribution in [3.05, 3.63) is 24.3 Å². The lowest BCUT2D eigenvalue weighted by molar-refractivity contribution is -0.108. The van der Waals surface area contributed by atoms with Crippen LogP contribution in [0.3, 0.4) is 0 Å². The summed E-state index contributed by atoms with van der Waals surface area (Å²) in [5.74, 6) is 1.50. The average molecular weight is 433 g/mol. The van der Waals surface area contributed by atoms with E-state index >= 15 is 0 Å². The number of hydrogen-bond acceptors (Lipinski definition) is 7. The molecule has 0 unspecified atom stereocenters. The smallest absolute Gasteiger partial charge is 0.407 e.